The number of carbonyl (C=O) groups is 1. The Morgan fingerprint density at radius 3 is 2.48 bits per heavy atom. The zero-order valence-electron chi connectivity index (χ0n) is 16.3. The Balaban J connectivity index is 1.73. The molecule has 1 heterocycles. The molecule has 0 saturated heterocycles. The molecule has 2 aromatic carbocycles. The van der Waals surface area contributed by atoms with Gasteiger partial charge in [0, 0.05) is 25.2 Å². The first kappa shape index (κ1) is 20.9. The Bertz CT molecular complexity index is 987. The smallest absolute Gasteiger partial charge is 0.254 e. The summed E-state index contributed by atoms with van der Waals surface area (Å²) in [5, 5.41) is 0. The maximum absolute atomic E-state index is 12.9. The average molecular weight is 416 g/mol. The number of rotatable bonds is 8. The van der Waals surface area contributed by atoms with Crippen molar-refractivity contribution >= 4 is 15.9 Å². The number of sulfonamides is 1. The van der Waals surface area contributed by atoms with Crippen LogP contribution in [-0.2, 0) is 16.6 Å². The highest BCUT2D eigenvalue weighted by molar-refractivity contribution is 7.89. The van der Waals surface area contributed by atoms with Crippen LogP contribution in [0.1, 0.15) is 22.8 Å². The molecule has 0 aliphatic carbocycles. The van der Waals surface area contributed by atoms with Gasteiger partial charge in [0.2, 0.25) is 10.0 Å². The second kappa shape index (κ2) is 9.11. The van der Waals surface area contributed by atoms with E-state index in [1.807, 2.05) is 25.1 Å². The van der Waals surface area contributed by atoms with Crippen LogP contribution in [0.3, 0.4) is 0 Å². The Hall–Kier alpha value is -2.84. The molecule has 7 nitrogen and oxygen atoms in total. The van der Waals surface area contributed by atoms with Gasteiger partial charge in [-0.1, -0.05) is 12.1 Å². The molecule has 0 radical (unpaired) electrons. The molecule has 1 aliphatic heterocycles. The van der Waals surface area contributed by atoms with Gasteiger partial charge in [0.1, 0.15) is 13.2 Å². The second-order valence-electron chi connectivity index (χ2n) is 6.46. The number of benzene rings is 2. The Morgan fingerprint density at radius 1 is 1.14 bits per heavy atom. The van der Waals surface area contributed by atoms with Crippen molar-refractivity contribution < 1.29 is 22.7 Å². The maximum Gasteiger partial charge on any atom is 0.254 e. The third-order valence-electron chi connectivity index (χ3n) is 4.48. The summed E-state index contributed by atoms with van der Waals surface area (Å²) in [5.41, 5.74) is 1.35. The molecule has 29 heavy (non-hydrogen) atoms. The number of fused-ring (bicyclic) bond motifs is 1. The molecular formula is C21H24N2O5S. The van der Waals surface area contributed by atoms with Crippen LogP contribution in [0.5, 0.6) is 11.5 Å². The van der Waals surface area contributed by atoms with E-state index in [1.165, 1.54) is 30.3 Å². The van der Waals surface area contributed by atoms with Gasteiger partial charge in [0.15, 0.2) is 11.5 Å². The number of amides is 1. The number of hydrogen-bond donors (Lipinski definition) is 1. The average Bonchev–Trinajstić information content (AvgIpc) is 2.75. The van der Waals surface area contributed by atoms with E-state index in [-0.39, 0.29) is 17.3 Å². The molecular weight excluding hydrogens is 392 g/mol. The van der Waals surface area contributed by atoms with Crippen LogP contribution >= 0.6 is 0 Å². The lowest BCUT2D eigenvalue weighted by Gasteiger charge is -2.23. The first-order valence-electron chi connectivity index (χ1n) is 9.33. The molecule has 3 rings (SSSR count). The van der Waals surface area contributed by atoms with Crippen molar-refractivity contribution in [1.82, 2.24) is 9.62 Å². The van der Waals surface area contributed by atoms with Crippen molar-refractivity contribution in [1.29, 1.82) is 0 Å². The summed E-state index contributed by atoms with van der Waals surface area (Å²) in [4.78, 5) is 14.7. The van der Waals surface area contributed by atoms with Gasteiger partial charge in [-0.15, -0.1) is 6.58 Å². The lowest BCUT2D eigenvalue weighted by atomic mass is 10.1. The van der Waals surface area contributed by atoms with Gasteiger partial charge in [0.05, 0.1) is 4.90 Å². The van der Waals surface area contributed by atoms with Crippen LogP contribution in [0.4, 0.5) is 0 Å². The van der Waals surface area contributed by atoms with Gasteiger partial charge >= 0.3 is 0 Å². The Morgan fingerprint density at radius 2 is 1.83 bits per heavy atom. The van der Waals surface area contributed by atoms with Gasteiger partial charge in [-0.2, -0.15) is 0 Å². The predicted molar refractivity (Wildman–Crippen MR) is 110 cm³/mol. The van der Waals surface area contributed by atoms with E-state index in [0.29, 0.717) is 43.4 Å². The topological polar surface area (TPSA) is 84.9 Å². The second-order valence-corrected chi connectivity index (χ2v) is 8.23. The summed E-state index contributed by atoms with van der Waals surface area (Å²) >= 11 is 0. The molecule has 0 saturated carbocycles. The van der Waals surface area contributed by atoms with Crippen LogP contribution in [0.15, 0.2) is 60.0 Å². The first-order valence-corrected chi connectivity index (χ1v) is 10.8. The van der Waals surface area contributed by atoms with E-state index in [4.69, 9.17) is 9.47 Å². The molecule has 0 atom stereocenters. The predicted octanol–water partition coefficient (Wildman–Crippen LogP) is 2.58. The normalized spacial score (nSPS) is 13.0. The molecule has 0 unspecified atom stereocenters. The minimum absolute atomic E-state index is 0.103. The number of nitrogens with zero attached hydrogens (tertiary/aromatic N) is 1. The van der Waals surface area contributed by atoms with Crippen molar-refractivity contribution in [3.63, 3.8) is 0 Å². The van der Waals surface area contributed by atoms with Crippen LogP contribution in [0, 0.1) is 0 Å². The fourth-order valence-corrected chi connectivity index (χ4v) is 3.94. The van der Waals surface area contributed by atoms with Gasteiger partial charge in [-0.3, -0.25) is 4.79 Å². The van der Waals surface area contributed by atoms with Crippen LogP contribution in [0.25, 0.3) is 0 Å². The summed E-state index contributed by atoms with van der Waals surface area (Å²) in [6.07, 6.45) is 1.46. The monoisotopic (exact) mass is 416 g/mol. The van der Waals surface area contributed by atoms with Crippen LogP contribution in [-0.4, -0.2) is 45.5 Å². The van der Waals surface area contributed by atoms with Crippen LogP contribution < -0.4 is 14.2 Å². The van der Waals surface area contributed by atoms with Gasteiger partial charge in [-0.25, -0.2) is 13.1 Å². The summed E-state index contributed by atoms with van der Waals surface area (Å²) < 4.78 is 37.8. The third kappa shape index (κ3) is 4.96. The molecule has 2 aromatic rings. The molecule has 0 aromatic heterocycles. The number of ether oxygens (including phenoxy) is 2. The van der Waals surface area contributed by atoms with Crippen LogP contribution in [0.2, 0.25) is 0 Å². The number of carbonyl (C=O) groups excluding carboxylic acids is 1. The summed E-state index contributed by atoms with van der Waals surface area (Å²) in [6.45, 7) is 7.48. The quantitative estimate of drug-likeness (QED) is 0.669. The third-order valence-corrected chi connectivity index (χ3v) is 5.92. The fraction of sp³-hybridized carbons (Fsp3) is 0.286. The van der Waals surface area contributed by atoms with Gasteiger partial charge < -0.3 is 14.4 Å². The standard InChI is InChI=1S/C21H24N2O5S/c1-3-11-22-29(25,26)18-8-6-17(7-9-18)21(24)23(4-2)15-16-5-10-19-20(14-16)28-13-12-27-19/h3,5-10,14,22H,1,4,11-13,15H2,2H3. The molecule has 0 spiro atoms. The summed E-state index contributed by atoms with van der Waals surface area (Å²) in [7, 11) is -3.62. The van der Waals surface area contributed by atoms with Crippen molar-refractivity contribution in [2.75, 3.05) is 26.3 Å². The van der Waals surface area contributed by atoms with E-state index < -0.39 is 10.0 Å². The van der Waals surface area contributed by atoms with E-state index in [0.717, 1.165) is 5.56 Å². The Kier molecular flexibility index (Phi) is 6.56. The summed E-state index contributed by atoms with van der Waals surface area (Å²) in [5.74, 6) is 1.21. The van der Waals surface area contributed by atoms with E-state index in [1.54, 1.807) is 4.90 Å². The molecule has 0 fully saturated rings. The highest BCUT2D eigenvalue weighted by Gasteiger charge is 2.19. The van der Waals surface area contributed by atoms with E-state index in [9.17, 15) is 13.2 Å². The van der Waals surface area contributed by atoms with Gasteiger partial charge in [0.25, 0.3) is 5.91 Å². The van der Waals surface area contributed by atoms with Crippen molar-refractivity contribution in [2.45, 2.75) is 18.4 Å². The largest absolute Gasteiger partial charge is 0.486 e. The summed E-state index contributed by atoms with van der Waals surface area (Å²) in [6, 6.07) is 11.5. The van der Waals surface area contributed by atoms with Crippen molar-refractivity contribution in [2.24, 2.45) is 0 Å². The molecule has 154 valence electrons. The molecule has 0 bridgehead atoms. The fourth-order valence-electron chi connectivity index (χ4n) is 2.94. The Labute approximate surface area is 171 Å². The van der Waals surface area contributed by atoms with E-state index >= 15 is 0 Å². The highest BCUT2D eigenvalue weighted by Crippen LogP contribution is 2.31. The number of nitrogens with one attached hydrogen (secondary N) is 1. The zero-order valence-corrected chi connectivity index (χ0v) is 17.1. The molecule has 8 heteroatoms. The lowest BCUT2D eigenvalue weighted by Crippen LogP contribution is -2.30. The van der Waals surface area contributed by atoms with Crippen molar-refractivity contribution in [3.05, 3.63) is 66.2 Å². The SMILES string of the molecule is C=CCNS(=O)(=O)c1ccc(C(=O)N(CC)Cc2ccc3c(c2)OCCO3)cc1. The maximum atomic E-state index is 12.9. The minimum atomic E-state index is -3.62. The van der Waals surface area contributed by atoms with Gasteiger partial charge in [-0.05, 0) is 48.9 Å². The molecule has 1 N–H and O–H groups in total. The first-order chi connectivity index (χ1) is 13.9. The lowest BCUT2D eigenvalue weighted by molar-refractivity contribution is 0.0752. The van der Waals surface area contributed by atoms with E-state index in [2.05, 4.69) is 11.3 Å². The zero-order chi connectivity index (χ0) is 20.9. The molecule has 1 amide bonds. The number of hydrogen-bond acceptors (Lipinski definition) is 5. The highest BCUT2D eigenvalue weighted by atomic mass is 32.2. The molecule has 1 aliphatic rings. The minimum Gasteiger partial charge on any atom is -0.486 e. The van der Waals surface area contributed by atoms with Crippen molar-refractivity contribution in [3.8, 4) is 11.5 Å².